The molecule has 0 aromatic heterocycles. The van der Waals surface area contributed by atoms with Gasteiger partial charge in [0.25, 0.3) is 0 Å². The van der Waals surface area contributed by atoms with E-state index in [4.69, 9.17) is 9.31 Å². The number of benzene rings is 10. The molecule has 280 valence electrons. The monoisotopic (exact) mass is 812 g/mol. The molecule has 4 heteroatoms. The van der Waals surface area contributed by atoms with Gasteiger partial charge in [-0.1, -0.05) is 182 Å². The zero-order valence-electron chi connectivity index (χ0n) is 33.1. The minimum Gasteiger partial charge on any atom is -0.399 e. The van der Waals surface area contributed by atoms with Gasteiger partial charge in [-0.3, -0.25) is 0 Å². The molecule has 0 radical (unpaired) electrons. The van der Waals surface area contributed by atoms with E-state index >= 15 is 0 Å². The first-order valence-corrected chi connectivity index (χ1v) is 20.9. The van der Waals surface area contributed by atoms with Crippen molar-refractivity contribution < 1.29 is 9.31 Å². The Morgan fingerprint density at radius 2 is 0.638 bits per heavy atom. The summed E-state index contributed by atoms with van der Waals surface area (Å²) in [6, 6.07) is 65.0. The zero-order valence-corrected chi connectivity index (χ0v) is 34.7. The van der Waals surface area contributed by atoms with Crippen molar-refractivity contribution in [1.82, 2.24) is 0 Å². The van der Waals surface area contributed by atoms with Crippen LogP contribution in [0.2, 0.25) is 0 Å². The maximum atomic E-state index is 6.56. The van der Waals surface area contributed by atoms with Gasteiger partial charge in [0.1, 0.15) is 0 Å². The maximum absolute atomic E-state index is 6.56. The minimum atomic E-state index is -0.425. The third-order valence-corrected chi connectivity index (χ3v) is 13.3. The lowest BCUT2D eigenvalue weighted by atomic mass is 9.71. The third-order valence-electron chi connectivity index (χ3n) is 12.4. The topological polar surface area (TPSA) is 18.5 Å². The largest absolute Gasteiger partial charge is 0.496 e. The van der Waals surface area contributed by atoms with Gasteiger partial charge in [0, 0.05) is 4.47 Å². The molecule has 0 bridgehead atoms. The van der Waals surface area contributed by atoms with Crippen LogP contribution in [-0.4, -0.2) is 18.3 Å². The minimum absolute atomic E-state index is 0.395. The summed E-state index contributed by atoms with van der Waals surface area (Å²) in [5, 5.41) is 14.9. The molecule has 0 unspecified atom stereocenters. The number of rotatable bonds is 3. The Balaban J connectivity index is 0.000000146. The average Bonchev–Trinajstić information content (AvgIpc) is 3.48. The van der Waals surface area contributed by atoms with Crippen molar-refractivity contribution >= 4 is 93.1 Å². The van der Waals surface area contributed by atoms with Crippen LogP contribution >= 0.6 is 15.9 Å². The van der Waals surface area contributed by atoms with E-state index in [1.165, 1.54) is 91.4 Å². The summed E-state index contributed by atoms with van der Waals surface area (Å²) < 4.78 is 14.3. The molecule has 10 aromatic carbocycles. The van der Waals surface area contributed by atoms with E-state index in [1.807, 2.05) is 0 Å². The van der Waals surface area contributed by atoms with Gasteiger partial charge in [-0.25, -0.2) is 0 Å². The highest BCUT2D eigenvalue weighted by atomic mass is 79.9. The molecule has 1 fully saturated rings. The molecule has 2 nitrogen and oxygen atoms in total. The molecule has 0 spiro atoms. The second kappa shape index (κ2) is 14.3. The lowest BCUT2D eigenvalue weighted by Crippen LogP contribution is -2.41. The van der Waals surface area contributed by atoms with Crippen molar-refractivity contribution in [3.63, 3.8) is 0 Å². The van der Waals surface area contributed by atoms with Gasteiger partial charge in [-0.2, -0.15) is 0 Å². The van der Waals surface area contributed by atoms with Gasteiger partial charge in [-0.15, -0.1) is 0 Å². The molecule has 0 amide bonds. The summed E-state index contributed by atoms with van der Waals surface area (Å²) >= 11 is 3.84. The van der Waals surface area contributed by atoms with Crippen molar-refractivity contribution in [2.75, 3.05) is 0 Å². The molecule has 0 aliphatic carbocycles. The number of hydrogen-bond donors (Lipinski definition) is 0. The Morgan fingerprint density at radius 3 is 1.03 bits per heavy atom. The highest BCUT2D eigenvalue weighted by Crippen LogP contribution is 2.44. The van der Waals surface area contributed by atoms with Crippen LogP contribution in [0, 0.1) is 0 Å². The van der Waals surface area contributed by atoms with Crippen molar-refractivity contribution in [2.24, 2.45) is 0 Å². The lowest BCUT2D eigenvalue weighted by Gasteiger charge is -2.32. The van der Waals surface area contributed by atoms with E-state index in [9.17, 15) is 0 Å². The Hall–Kier alpha value is -5.78. The molecular weight excluding hydrogens is 771 g/mol. The van der Waals surface area contributed by atoms with E-state index < -0.39 is 18.3 Å². The predicted molar refractivity (Wildman–Crippen MR) is 252 cm³/mol. The van der Waals surface area contributed by atoms with Gasteiger partial charge >= 0.3 is 7.12 Å². The first-order chi connectivity index (χ1) is 28.2. The van der Waals surface area contributed by atoms with Crippen LogP contribution in [-0.2, 0) is 9.31 Å². The molecule has 0 atom stereocenters. The molecule has 10 aromatic rings. The molecule has 0 saturated carbocycles. The second-order valence-electron chi connectivity index (χ2n) is 16.3. The first-order valence-electron chi connectivity index (χ1n) is 20.1. The smallest absolute Gasteiger partial charge is 0.399 e. The number of hydrogen-bond acceptors (Lipinski definition) is 2. The predicted octanol–water partition coefficient (Wildman–Crippen LogP) is 14.7. The summed E-state index contributed by atoms with van der Waals surface area (Å²) in [5.74, 6) is 0. The van der Waals surface area contributed by atoms with Crippen molar-refractivity contribution in [3.8, 4) is 22.3 Å². The normalized spacial score (nSPS) is 14.7. The highest BCUT2D eigenvalue weighted by Gasteiger charge is 2.52. The van der Waals surface area contributed by atoms with Crippen molar-refractivity contribution in [3.05, 3.63) is 186 Å². The molecule has 1 heterocycles. The third kappa shape index (κ3) is 5.93. The molecule has 1 aliphatic heterocycles. The average molecular weight is 814 g/mol. The fourth-order valence-corrected chi connectivity index (χ4v) is 9.61. The van der Waals surface area contributed by atoms with Crippen LogP contribution in [0.1, 0.15) is 27.7 Å². The van der Waals surface area contributed by atoms with E-state index in [2.05, 4.69) is 226 Å². The van der Waals surface area contributed by atoms with Gasteiger partial charge < -0.3 is 9.31 Å². The van der Waals surface area contributed by atoms with Crippen LogP contribution in [0.5, 0.6) is 0 Å². The number of halogens is 1. The summed E-state index contributed by atoms with van der Waals surface area (Å²) in [7, 11) is -0.425. The Morgan fingerprint density at radius 1 is 0.345 bits per heavy atom. The van der Waals surface area contributed by atoms with Crippen LogP contribution in [0.3, 0.4) is 0 Å². The first kappa shape index (κ1) is 36.6. The molecule has 1 aliphatic rings. The van der Waals surface area contributed by atoms with Crippen molar-refractivity contribution in [2.45, 2.75) is 38.9 Å². The van der Waals surface area contributed by atoms with E-state index in [-0.39, 0.29) is 0 Å². The zero-order chi connectivity index (χ0) is 39.6. The Bertz CT molecular complexity index is 3080. The second-order valence-corrected chi connectivity index (χ2v) is 17.1. The molecule has 0 N–H and O–H groups in total. The summed E-state index contributed by atoms with van der Waals surface area (Å²) in [4.78, 5) is 0. The van der Waals surface area contributed by atoms with E-state index in [0.29, 0.717) is 0 Å². The van der Waals surface area contributed by atoms with Crippen molar-refractivity contribution in [1.29, 1.82) is 0 Å². The highest BCUT2D eigenvalue weighted by molar-refractivity contribution is 9.10. The SMILES string of the molecule is Brc1c2ccccc2c(-c2cccc3ccccc23)c2ccccc12.CC1(C)OB(c2c3ccccc3c(-c3cccc4ccccc34)c3ccccc23)OC1(C)C. The summed E-state index contributed by atoms with van der Waals surface area (Å²) in [6.07, 6.45) is 0. The number of fused-ring (bicyclic) bond motifs is 6. The van der Waals surface area contributed by atoms with Gasteiger partial charge in [0.15, 0.2) is 0 Å². The Kier molecular flexibility index (Phi) is 8.98. The molecule has 11 rings (SSSR count). The van der Waals surface area contributed by atoms with E-state index in [1.54, 1.807) is 0 Å². The van der Waals surface area contributed by atoms with Gasteiger partial charge in [0.2, 0.25) is 0 Å². The van der Waals surface area contributed by atoms with Gasteiger partial charge in [-0.05, 0) is 136 Å². The summed E-state index contributed by atoms with van der Waals surface area (Å²) in [5.41, 5.74) is 5.44. The molecular formula is C54H42BBrO2. The fourth-order valence-electron chi connectivity index (χ4n) is 8.92. The standard InChI is InChI=1S/C30H27BO2.C24H15Br/c1-29(2)30(3,4)33-31(32-29)28-25-17-9-7-15-23(25)27(24-16-8-10-18-26(24)28)22-19-11-13-20-12-5-6-14-21(20)22;25-24-21-13-5-3-11-19(21)23(20-12-4-6-14-22(20)24)18-15-7-9-16-8-1-2-10-17(16)18/h5-19H,1-4H3;1-15H. The van der Waals surface area contributed by atoms with Crippen LogP contribution in [0.15, 0.2) is 186 Å². The van der Waals surface area contributed by atoms with Gasteiger partial charge in [0.05, 0.1) is 11.2 Å². The fraction of sp³-hybridized carbons (Fsp3) is 0.111. The van der Waals surface area contributed by atoms with Crippen LogP contribution < -0.4 is 5.46 Å². The molecule has 58 heavy (non-hydrogen) atoms. The Labute approximate surface area is 348 Å². The van der Waals surface area contributed by atoms with E-state index in [0.717, 1.165) is 5.46 Å². The quantitative estimate of drug-likeness (QED) is 0.131. The maximum Gasteiger partial charge on any atom is 0.496 e. The van der Waals surface area contributed by atoms with Crippen LogP contribution in [0.4, 0.5) is 0 Å². The molecule has 1 saturated heterocycles. The lowest BCUT2D eigenvalue weighted by molar-refractivity contribution is 0.00578. The summed E-state index contributed by atoms with van der Waals surface area (Å²) in [6.45, 7) is 8.45. The van der Waals surface area contributed by atoms with Crippen LogP contribution in [0.25, 0.3) is 86.9 Å².